The van der Waals surface area contributed by atoms with Crippen molar-refractivity contribution >= 4 is 0 Å². The van der Waals surface area contributed by atoms with E-state index in [1.807, 2.05) is 0 Å². The summed E-state index contributed by atoms with van der Waals surface area (Å²) in [6, 6.07) is 0.438. The molecule has 0 saturated heterocycles. The Labute approximate surface area is 99.6 Å². The first kappa shape index (κ1) is 12.1. The highest BCUT2D eigenvalue weighted by Gasteiger charge is 2.50. The Bertz CT molecular complexity index is 268. The van der Waals surface area contributed by atoms with Gasteiger partial charge in [0, 0.05) is 6.04 Å². The van der Waals surface area contributed by atoms with Crippen LogP contribution in [0.5, 0.6) is 0 Å². The Morgan fingerprint density at radius 1 is 1.31 bits per heavy atom. The molecular weight excluding hydrogens is 196 g/mol. The lowest BCUT2D eigenvalue weighted by Crippen LogP contribution is -2.39. The summed E-state index contributed by atoms with van der Waals surface area (Å²) >= 11 is 0. The van der Waals surface area contributed by atoms with Crippen LogP contribution in [0, 0.1) is 11.3 Å². The number of allylic oxidation sites excluding steroid dienone is 1. The molecule has 0 aromatic rings. The van der Waals surface area contributed by atoms with Crippen molar-refractivity contribution in [1.82, 2.24) is 5.43 Å². The molecule has 3 N–H and O–H groups in total. The number of hydrogen-bond donors (Lipinski definition) is 2. The molecule has 2 unspecified atom stereocenters. The Balaban J connectivity index is 2.02. The predicted octanol–water partition coefficient (Wildman–Crippen LogP) is 3.15. The van der Waals surface area contributed by atoms with Crippen LogP contribution >= 0.6 is 0 Å². The monoisotopic (exact) mass is 222 g/mol. The third kappa shape index (κ3) is 2.67. The van der Waals surface area contributed by atoms with Gasteiger partial charge in [-0.15, -0.1) is 0 Å². The lowest BCUT2D eigenvalue weighted by molar-refractivity contribution is 0.435. The molecule has 2 atom stereocenters. The van der Waals surface area contributed by atoms with Gasteiger partial charge in [0.05, 0.1) is 0 Å². The summed E-state index contributed by atoms with van der Waals surface area (Å²) in [6.07, 6.45) is 11.8. The smallest absolute Gasteiger partial charge is 0.0453 e. The zero-order valence-electron chi connectivity index (χ0n) is 10.8. The summed E-state index contributed by atoms with van der Waals surface area (Å²) in [5, 5.41) is 0. The molecule has 2 nitrogen and oxygen atoms in total. The number of nitrogens with one attached hydrogen (secondary N) is 1. The molecule has 1 fully saturated rings. The largest absolute Gasteiger partial charge is 0.271 e. The Hall–Kier alpha value is -0.340. The average Bonchev–Trinajstić information content (AvgIpc) is 2.79. The summed E-state index contributed by atoms with van der Waals surface area (Å²) < 4.78 is 0. The lowest BCUT2D eigenvalue weighted by Gasteiger charge is -2.23. The fraction of sp³-hybridized carbons (Fsp3) is 0.857. The fourth-order valence-electron chi connectivity index (χ4n) is 3.06. The van der Waals surface area contributed by atoms with E-state index in [-0.39, 0.29) is 0 Å². The Kier molecular flexibility index (Phi) is 3.70. The highest BCUT2D eigenvalue weighted by atomic mass is 15.2. The first-order valence-corrected chi connectivity index (χ1v) is 6.80. The van der Waals surface area contributed by atoms with Crippen molar-refractivity contribution in [3.8, 4) is 0 Å². The van der Waals surface area contributed by atoms with Crippen molar-refractivity contribution in [1.29, 1.82) is 0 Å². The van der Waals surface area contributed by atoms with Crippen molar-refractivity contribution in [3.05, 3.63) is 11.6 Å². The van der Waals surface area contributed by atoms with Crippen molar-refractivity contribution in [2.75, 3.05) is 0 Å². The van der Waals surface area contributed by atoms with E-state index in [2.05, 4.69) is 25.3 Å². The van der Waals surface area contributed by atoms with E-state index in [4.69, 9.17) is 5.84 Å². The molecule has 0 spiro atoms. The van der Waals surface area contributed by atoms with Gasteiger partial charge in [0.25, 0.3) is 0 Å². The zero-order chi connectivity index (χ0) is 11.6. The quantitative estimate of drug-likeness (QED) is 0.437. The highest BCUT2D eigenvalue weighted by Crippen LogP contribution is 2.55. The van der Waals surface area contributed by atoms with Crippen molar-refractivity contribution < 1.29 is 0 Å². The lowest BCUT2D eigenvalue weighted by atomic mass is 9.90. The van der Waals surface area contributed by atoms with Crippen LogP contribution in [0.2, 0.25) is 0 Å². The molecular formula is C14H26N2. The van der Waals surface area contributed by atoms with Gasteiger partial charge in [-0.3, -0.25) is 11.3 Å². The van der Waals surface area contributed by atoms with Crippen molar-refractivity contribution in [2.45, 2.75) is 64.8 Å². The normalized spacial score (nSPS) is 31.2. The summed E-state index contributed by atoms with van der Waals surface area (Å²) in [6.45, 7) is 4.71. The molecule has 0 amide bonds. The van der Waals surface area contributed by atoms with E-state index < -0.39 is 0 Å². The van der Waals surface area contributed by atoms with Crippen LogP contribution in [-0.4, -0.2) is 6.04 Å². The summed E-state index contributed by atoms with van der Waals surface area (Å²) in [5.74, 6) is 6.52. The maximum Gasteiger partial charge on any atom is 0.0453 e. The number of nitrogens with two attached hydrogens (primary N) is 1. The molecule has 2 aliphatic carbocycles. The van der Waals surface area contributed by atoms with E-state index in [0.29, 0.717) is 11.5 Å². The van der Waals surface area contributed by atoms with Crippen LogP contribution in [0.4, 0.5) is 0 Å². The van der Waals surface area contributed by atoms with Gasteiger partial charge in [0.1, 0.15) is 0 Å². The highest BCUT2D eigenvalue weighted by molar-refractivity contribution is 5.19. The molecule has 2 rings (SSSR count). The summed E-state index contributed by atoms with van der Waals surface area (Å²) in [4.78, 5) is 0. The van der Waals surface area contributed by atoms with Crippen LogP contribution in [-0.2, 0) is 0 Å². The van der Waals surface area contributed by atoms with Gasteiger partial charge >= 0.3 is 0 Å². The standard InChI is InChI=1S/C14H26N2/c1-14(2)10-12(14)13(16-15)11-8-6-4-3-5-7-9-11/h8,12-13,16H,3-7,9-10,15H2,1-2H3. The van der Waals surface area contributed by atoms with Crippen LogP contribution in [0.3, 0.4) is 0 Å². The molecule has 2 aliphatic rings. The molecule has 1 saturated carbocycles. The van der Waals surface area contributed by atoms with Crippen LogP contribution in [0.25, 0.3) is 0 Å². The molecule has 0 aromatic heterocycles. The second-order valence-electron chi connectivity index (χ2n) is 6.18. The minimum atomic E-state index is 0.438. The summed E-state index contributed by atoms with van der Waals surface area (Å²) in [7, 11) is 0. The topological polar surface area (TPSA) is 38.0 Å². The molecule has 2 heteroatoms. The molecule has 16 heavy (non-hydrogen) atoms. The molecule has 0 aromatic carbocycles. The van der Waals surface area contributed by atoms with Crippen LogP contribution in [0.15, 0.2) is 11.6 Å². The van der Waals surface area contributed by atoms with Gasteiger partial charge in [-0.25, -0.2) is 0 Å². The fourth-order valence-corrected chi connectivity index (χ4v) is 3.06. The molecule has 0 heterocycles. The van der Waals surface area contributed by atoms with Gasteiger partial charge in [0.2, 0.25) is 0 Å². The maximum absolute atomic E-state index is 5.76. The van der Waals surface area contributed by atoms with Gasteiger partial charge in [-0.2, -0.15) is 0 Å². The van der Waals surface area contributed by atoms with Crippen molar-refractivity contribution in [2.24, 2.45) is 17.2 Å². The summed E-state index contributed by atoms with van der Waals surface area (Å²) in [5.41, 5.74) is 5.15. The van der Waals surface area contributed by atoms with Gasteiger partial charge in [0.15, 0.2) is 0 Å². The molecule has 92 valence electrons. The van der Waals surface area contributed by atoms with E-state index in [0.717, 1.165) is 5.92 Å². The first-order valence-electron chi connectivity index (χ1n) is 6.80. The van der Waals surface area contributed by atoms with Gasteiger partial charge in [-0.05, 0) is 43.4 Å². The van der Waals surface area contributed by atoms with E-state index in [1.165, 1.54) is 44.9 Å². The first-order chi connectivity index (χ1) is 7.65. The average molecular weight is 222 g/mol. The Morgan fingerprint density at radius 3 is 2.62 bits per heavy atom. The number of hydrazine groups is 1. The molecule has 0 radical (unpaired) electrons. The second-order valence-corrected chi connectivity index (χ2v) is 6.18. The third-order valence-electron chi connectivity index (χ3n) is 4.40. The van der Waals surface area contributed by atoms with E-state index >= 15 is 0 Å². The van der Waals surface area contributed by atoms with Gasteiger partial charge < -0.3 is 0 Å². The Morgan fingerprint density at radius 2 is 2.00 bits per heavy atom. The molecule has 0 bridgehead atoms. The van der Waals surface area contributed by atoms with Crippen LogP contribution in [0.1, 0.15) is 58.8 Å². The number of hydrogen-bond acceptors (Lipinski definition) is 2. The minimum absolute atomic E-state index is 0.438. The number of rotatable bonds is 3. The van der Waals surface area contributed by atoms with Gasteiger partial charge in [-0.1, -0.05) is 38.3 Å². The SMILES string of the molecule is CC1(C)CC1C(NN)C1=CCCCCCC1. The third-order valence-corrected chi connectivity index (χ3v) is 4.40. The predicted molar refractivity (Wildman–Crippen MR) is 68.8 cm³/mol. The van der Waals surface area contributed by atoms with Crippen LogP contribution < -0.4 is 11.3 Å². The maximum atomic E-state index is 5.76. The second kappa shape index (κ2) is 4.89. The zero-order valence-corrected chi connectivity index (χ0v) is 10.8. The minimum Gasteiger partial charge on any atom is -0.271 e. The van der Waals surface area contributed by atoms with Crippen molar-refractivity contribution in [3.63, 3.8) is 0 Å². The molecule has 0 aliphatic heterocycles. The van der Waals surface area contributed by atoms with E-state index in [1.54, 1.807) is 5.57 Å². The van der Waals surface area contributed by atoms with E-state index in [9.17, 15) is 0 Å².